The molecule has 0 bridgehead atoms. The van der Waals surface area contributed by atoms with Crippen LogP contribution in [0.2, 0.25) is 0 Å². The summed E-state index contributed by atoms with van der Waals surface area (Å²) < 4.78 is 4.86. The lowest BCUT2D eigenvalue weighted by Gasteiger charge is -2.03. The van der Waals surface area contributed by atoms with Crippen LogP contribution in [0.15, 0.2) is 22.6 Å². The molecule has 0 atom stereocenters. The number of amides is 1. The minimum atomic E-state index is -0.629. The number of carbonyl (C=O) groups excluding carboxylic acids is 1. The Balaban J connectivity index is 2.52. The predicted molar refractivity (Wildman–Crippen MR) is 62.2 cm³/mol. The molecule has 1 amide bonds. The van der Waals surface area contributed by atoms with Gasteiger partial charge in [-0.1, -0.05) is 13.8 Å². The molecule has 6 heteroatoms. The van der Waals surface area contributed by atoms with E-state index >= 15 is 0 Å². The standard InChI is InChI=1S/C11H14N2O4/c1-8(2)7-12-10(14)5-3-9-4-6-11(17-9)13(15)16/h3-6,8H,7H2,1-2H3,(H,12,14). The largest absolute Gasteiger partial charge is 0.433 e. The summed E-state index contributed by atoms with van der Waals surface area (Å²) in [4.78, 5) is 21.0. The van der Waals surface area contributed by atoms with Crippen LogP contribution in [-0.2, 0) is 4.79 Å². The average Bonchev–Trinajstić information content (AvgIpc) is 2.72. The molecule has 1 heterocycles. The molecular weight excluding hydrogens is 224 g/mol. The van der Waals surface area contributed by atoms with E-state index in [2.05, 4.69) is 5.32 Å². The highest BCUT2D eigenvalue weighted by atomic mass is 16.6. The minimum absolute atomic E-state index is 0.252. The molecule has 17 heavy (non-hydrogen) atoms. The van der Waals surface area contributed by atoms with E-state index in [1.54, 1.807) is 0 Å². The molecule has 0 spiro atoms. The van der Waals surface area contributed by atoms with Gasteiger partial charge < -0.3 is 9.73 Å². The van der Waals surface area contributed by atoms with Crippen LogP contribution < -0.4 is 5.32 Å². The Morgan fingerprint density at radius 2 is 2.29 bits per heavy atom. The highest BCUT2D eigenvalue weighted by Gasteiger charge is 2.09. The van der Waals surface area contributed by atoms with Crippen molar-refractivity contribution < 1.29 is 14.1 Å². The van der Waals surface area contributed by atoms with Gasteiger partial charge in [0.05, 0.1) is 6.07 Å². The number of nitrogens with one attached hydrogen (secondary N) is 1. The summed E-state index contributed by atoms with van der Waals surface area (Å²) in [5.74, 6) is 0.0541. The fourth-order valence-corrected chi connectivity index (χ4v) is 1.05. The Hall–Kier alpha value is -2.11. The first-order chi connectivity index (χ1) is 7.99. The van der Waals surface area contributed by atoms with Gasteiger partial charge in [0.2, 0.25) is 5.91 Å². The van der Waals surface area contributed by atoms with Crippen LogP contribution in [0.3, 0.4) is 0 Å². The first-order valence-corrected chi connectivity index (χ1v) is 5.19. The van der Waals surface area contributed by atoms with Gasteiger partial charge in [0, 0.05) is 12.6 Å². The van der Waals surface area contributed by atoms with Crippen molar-refractivity contribution in [1.82, 2.24) is 5.32 Å². The summed E-state index contributed by atoms with van der Waals surface area (Å²) in [6.45, 7) is 4.56. The molecule has 0 unspecified atom stereocenters. The molecule has 1 rings (SSSR count). The smallest absolute Gasteiger partial charge is 0.401 e. The van der Waals surface area contributed by atoms with Crippen LogP contribution in [0.25, 0.3) is 6.08 Å². The zero-order valence-corrected chi connectivity index (χ0v) is 9.67. The van der Waals surface area contributed by atoms with E-state index in [4.69, 9.17) is 4.42 Å². The highest BCUT2D eigenvalue weighted by Crippen LogP contribution is 2.16. The molecule has 1 aromatic heterocycles. The lowest BCUT2D eigenvalue weighted by atomic mass is 10.2. The number of hydrogen-bond acceptors (Lipinski definition) is 4. The van der Waals surface area contributed by atoms with Crippen molar-refractivity contribution >= 4 is 17.9 Å². The molecule has 0 saturated carbocycles. The highest BCUT2D eigenvalue weighted by molar-refractivity contribution is 5.91. The van der Waals surface area contributed by atoms with Crippen molar-refractivity contribution in [2.75, 3.05) is 6.54 Å². The van der Waals surface area contributed by atoms with Crippen molar-refractivity contribution in [3.63, 3.8) is 0 Å². The molecule has 0 fully saturated rings. The second kappa shape index (κ2) is 5.83. The van der Waals surface area contributed by atoms with Crippen LogP contribution >= 0.6 is 0 Å². The van der Waals surface area contributed by atoms with Crippen LogP contribution in [0.1, 0.15) is 19.6 Å². The molecule has 1 aromatic rings. The van der Waals surface area contributed by atoms with Gasteiger partial charge in [-0.3, -0.25) is 14.9 Å². The Bertz CT molecular complexity index is 434. The molecule has 92 valence electrons. The quantitative estimate of drug-likeness (QED) is 0.482. The number of carbonyl (C=O) groups is 1. The van der Waals surface area contributed by atoms with Crippen molar-refractivity contribution in [1.29, 1.82) is 0 Å². The predicted octanol–water partition coefficient (Wildman–Crippen LogP) is 1.97. The van der Waals surface area contributed by atoms with Crippen LogP contribution in [0.4, 0.5) is 5.88 Å². The maximum absolute atomic E-state index is 11.3. The van der Waals surface area contributed by atoms with Gasteiger partial charge >= 0.3 is 5.88 Å². The molecule has 0 saturated heterocycles. The van der Waals surface area contributed by atoms with E-state index in [-0.39, 0.29) is 17.6 Å². The van der Waals surface area contributed by atoms with E-state index in [0.29, 0.717) is 12.5 Å². The monoisotopic (exact) mass is 238 g/mol. The molecule has 0 aromatic carbocycles. The lowest BCUT2D eigenvalue weighted by Crippen LogP contribution is -2.25. The second-order valence-electron chi connectivity index (χ2n) is 3.91. The summed E-state index contributed by atoms with van der Waals surface area (Å²) in [5.41, 5.74) is 0. The normalized spacial score (nSPS) is 11.0. The number of nitrogens with zero attached hydrogens (tertiary/aromatic N) is 1. The summed E-state index contributed by atoms with van der Waals surface area (Å²) in [6.07, 6.45) is 2.67. The molecule has 1 N–H and O–H groups in total. The fourth-order valence-electron chi connectivity index (χ4n) is 1.05. The van der Waals surface area contributed by atoms with Gasteiger partial charge in [0.25, 0.3) is 0 Å². The van der Waals surface area contributed by atoms with Gasteiger partial charge in [-0.15, -0.1) is 0 Å². The van der Waals surface area contributed by atoms with Crippen molar-refractivity contribution in [2.24, 2.45) is 5.92 Å². The topological polar surface area (TPSA) is 85.4 Å². The molecule has 6 nitrogen and oxygen atoms in total. The SMILES string of the molecule is CC(C)CNC(=O)C=Cc1ccc([N+](=O)[O-])o1. The molecule has 0 aliphatic carbocycles. The molecular formula is C11H14N2O4. The zero-order chi connectivity index (χ0) is 12.8. The minimum Gasteiger partial charge on any atom is -0.401 e. The zero-order valence-electron chi connectivity index (χ0n) is 9.67. The third-order valence-electron chi connectivity index (χ3n) is 1.88. The van der Waals surface area contributed by atoms with E-state index in [9.17, 15) is 14.9 Å². The molecule has 0 aliphatic rings. The van der Waals surface area contributed by atoms with Crippen molar-refractivity contribution in [2.45, 2.75) is 13.8 Å². The summed E-state index contributed by atoms with van der Waals surface area (Å²) in [7, 11) is 0. The van der Waals surface area contributed by atoms with Gasteiger partial charge in [-0.05, 0) is 18.1 Å². The third-order valence-corrected chi connectivity index (χ3v) is 1.88. The fraction of sp³-hybridized carbons (Fsp3) is 0.364. The Morgan fingerprint density at radius 1 is 1.59 bits per heavy atom. The first-order valence-electron chi connectivity index (χ1n) is 5.19. The second-order valence-corrected chi connectivity index (χ2v) is 3.91. The summed E-state index contributed by atoms with van der Waals surface area (Å²) in [6, 6.07) is 2.68. The van der Waals surface area contributed by atoms with E-state index in [1.165, 1.54) is 24.3 Å². The molecule has 0 aliphatic heterocycles. The Labute approximate surface area is 98.5 Å². The average molecular weight is 238 g/mol. The summed E-state index contributed by atoms with van der Waals surface area (Å²) in [5, 5.41) is 13.0. The number of furan rings is 1. The van der Waals surface area contributed by atoms with Crippen molar-refractivity contribution in [3.05, 3.63) is 34.1 Å². The number of nitro groups is 1. The van der Waals surface area contributed by atoms with Gasteiger partial charge in [0.1, 0.15) is 10.7 Å². The van der Waals surface area contributed by atoms with Gasteiger partial charge in [0.15, 0.2) is 0 Å². The van der Waals surface area contributed by atoms with Crippen LogP contribution in [-0.4, -0.2) is 17.4 Å². The Morgan fingerprint density at radius 3 is 2.82 bits per heavy atom. The Kier molecular flexibility index (Phi) is 4.45. The number of rotatable bonds is 5. The summed E-state index contributed by atoms with van der Waals surface area (Å²) >= 11 is 0. The van der Waals surface area contributed by atoms with Crippen molar-refractivity contribution in [3.8, 4) is 0 Å². The van der Waals surface area contributed by atoms with Gasteiger partial charge in [-0.2, -0.15) is 0 Å². The van der Waals surface area contributed by atoms with E-state index in [1.807, 2.05) is 13.8 Å². The molecule has 0 radical (unpaired) electrons. The third kappa shape index (κ3) is 4.50. The lowest BCUT2D eigenvalue weighted by molar-refractivity contribution is -0.402. The van der Waals surface area contributed by atoms with Crippen LogP contribution in [0, 0.1) is 16.0 Å². The van der Waals surface area contributed by atoms with E-state index < -0.39 is 4.92 Å². The van der Waals surface area contributed by atoms with E-state index in [0.717, 1.165) is 0 Å². The van der Waals surface area contributed by atoms with Gasteiger partial charge in [-0.25, -0.2) is 0 Å². The van der Waals surface area contributed by atoms with Crippen LogP contribution in [0.5, 0.6) is 0 Å². The first kappa shape index (κ1) is 13.0. The maximum atomic E-state index is 11.3. The maximum Gasteiger partial charge on any atom is 0.433 e. The number of hydrogen-bond donors (Lipinski definition) is 1.